The number of ether oxygens (including phenoxy) is 2. The van der Waals surface area contributed by atoms with Gasteiger partial charge in [0.2, 0.25) is 0 Å². The zero-order valence-electron chi connectivity index (χ0n) is 16.4. The molecule has 1 saturated heterocycles. The van der Waals surface area contributed by atoms with Crippen molar-refractivity contribution in [2.24, 2.45) is 0 Å². The number of benzene rings is 2. The van der Waals surface area contributed by atoms with E-state index >= 15 is 0 Å². The summed E-state index contributed by atoms with van der Waals surface area (Å²) in [5.41, 5.74) is 1.78. The van der Waals surface area contributed by atoms with Gasteiger partial charge in [0.25, 0.3) is 11.8 Å². The Morgan fingerprint density at radius 2 is 1.36 bits per heavy atom. The monoisotopic (exact) mass is 382 g/mol. The average molecular weight is 382 g/mol. The molecular weight excluding hydrogens is 356 g/mol. The second-order valence-corrected chi connectivity index (χ2v) is 6.73. The van der Waals surface area contributed by atoms with E-state index in [-0.39, 0.29) is 18.4 Å². The summed E-state index contributed by atoms with van der Waals surface area (Å²) >= 11 is 0. The molecule has 2 aromatic rings. The molecule has 3 rings (SSSR count). The number of hydrogen-bond donors (Lipinski definition) is 0. The Labute approximate surface area is 165 Å². The van der Waals surface area contributed by atoms with Crippen molar-refractivity contribution in [3.05, 3.63) is 59.7 Å². The summed E-state index contributed by atoms with van der Waals surface area (Å²) < 4.78 is 11.0. The van der Waals surface area contributed by atoms with Crippen molar-refractivity contribution in [3.8, 4) is 11.5 Å². The van der Waals surface area contributed by atoms with Gasteiger partial charge in [0, 0.05) is 31.7 Å². The van der Waals surface area contributed by atoms with Gasteiger partial charge in [-0.1, -0.05) is 17.7 Å². The van der Waals surface area contributed by atoms with Crippen molar-refractivity contribution in [1.82, 2.24) is 9.80 Å². The number of aryl methyl sites for hydroxylation is 1. The van der Waals surface area contributed by atoms with Crippen molar-refractivity contribution < 1.29 is 19.1 Å². The molecule has 2 aromatic carbocycles. The first-order valence-electron chi connectivity index (χ1n) is 9.56. The van der Waals surface area contributed by atoms with Crippen LogP contribution in [-0.2, 0) is 4.79 Å². The van der Waals surface area contributed by atoms with Gasteiger partial charge < -0.3 is 19.3 Å². The van der Waals surface area contributed by atoms with Crippen LogP contribution in [0.4, 0.5) is 0 Å². The van der Waals surface area contributed by atoms with E-state index < -0.39 is 0 Å². The lowest BCUT2D eigenvalue weighted by Gasteiger charge is -2.34. The minimum absolute atomic E-state index is 0.00982. The first kappa shape index (κ1) is 19.7. The molecule has 1 aliphatic heterocycles. The van der Waals surface area contributed by atoms with Crippen LogP contribution in [0.1, 0.15) is 22.8 Å². The highest BCUT2D eigenvalue weighted by Gasteiger charge is 2.25. The second kappa shape index (κ2) is 9.26. The van der Waals surface area contributed by atoms with Gasteiger partial charge in [-0.3, -0.25) is 9.59 Å². The fourth-order valence-corrected chi connectivity index (χ4v) is 3.07. The Morgan fingerprint density at radius 3 is 1.96 bits per heavy atom. The molecule has 0 unspecified atom stereocenters. The Bertz CT molecular complexity index is 794. The molecule has 148 valence electrons. The van der Waals surface area contributed by atoms with Gasteiger partial charge >= 0.3 is 0 Å². The van der Waals surface area contributed by atoms with Crippen molar-refractivity contribution in [3.63, 3.8) is 0 Å². The highest BCUT2D eigenvalue weighted by molar-refractivity contribution is 5.94. The third-order valence-corrected chi connectivity index (χ3v) is 4.72. The number of hydrogen-bond acceptors (Lipinski definition) is 4. The number of amides is 2. The van der Waals surface area contributed by atoms with Crippen molar-refractivity contribution in [2.45, 2.75) is 13.8 Å². The topological polar surface area (TPSA) is 59.1 Å². The van der Waals surface area contributed by atoms with E-state index in [1.54, 1.807) is 34.1 Å². The van der Waals surface area contributed by atoms with Gasteiger partial charge in [0.05, 0.1) is 6.61 Å². The van der Waals surface area contributed by atoms with Crippen LogP contribution in [0.3, 0.4) is 0 Å². The Hall–Kier alpha value is -3.02. The maximum absolute atomic E-state index is 12.6. The van der Waals surface area contributed by atoms with Crippen molar-refractivity contribution in [1.29, 1.82) is 0 Å². The highest BCUT2D eigenvalue weighted by atomic mass is 16.5. The predicted octanol–water partition coefficient (Wildman–Crippen LogP) is 2.76. The van der Waals surface area contributed by atoms with Crippen LogP contribution >= 0.6 is 0 Å². The molecule has 0 spiro atoms. The van der Waals surface area contributed by atoms with Crippen molar-refractivity contribution in [2.75, 3.05) is 39.4 Å². The van der Waals surface area contributed by atoms with Crippen LogP contribution in [0, 0.1) is 6.92 Å². The molecule has 2 amide bonds. The first-order valence-corrected chi connectivity index (χ1v) is 9.56. The Morgan fingerprint density at radius 1 is 0.821 bits per heavy atom. The summed E-state index contributed by atoms with van der Waals surface area (Å²) in [6, 6.07) is 14.8. The number of rotatable bonds is 6. The molecular formula is C22H26N2O4. The van der Waals surface area contributed by atoms with E-state index in [0.29, 0.717) is 44.1 Å². The van der Waals surface area contributed by atoms with Gasteiger partial charge in [-0.2, -0.15) is 0 Å². The molecule has 6 heteroatoms. The molecule has 6 nitrogen and oxygen atoms in total. The smallest absolute Gasteiger partial charge is 0.260 e. The number of carbonyl (C=O) groups excluding carboxylic acids is 2. The minimum Gasteiger partial charge on any atom is -0.494 e. The summed E-state index contributed by atoms with van der Waals surface area (Å²) in [6.45, 7) is 6.59. The molecule has 0 radical (unpaired) electrons. The van der Waals surface area contributed by atoms with Gasteiger partial charge in [-0.05, 0) is 50.2 Å². The van der Waals surface area contributed by atoms with Crippen LogP contribution in [0.2, 0.25) is 0 Å². The van der Waals surface area contributed by atoms with Gasteiger partial charge in [-0.15, -0.1) is 0 Å². The van der Waals surface area contributed by atoms with Crippen LogP contribution < -0.4 is 9.47 Å². The number of nitrogens with zero attached hydrogens (tertiary/aromatic N) is 2. The maximum Gasteiger partial charge on any atom is 0.260 e. The SMILES string of the molecule is CCOc1ccc(C(=O)N2CCN(C(=O)COc3ccc(C)cc3)CC2)cc1. The highest BCUT2D eigenvalue weighted by Crippen LogP contribution is 2.15. The molecule has 0 bridgehead atoms. The maximum atomic E-state index is 12.6. The zero-order valence-corrected chi connectivity index (χ0v) is 16.4. The number of piperazine rings is 1. The van der Waals surface area contributed by atoms with E-state index in [1.165, 1.54) is 0 Å². The molecule has 1 aliphatic rings. The van der Waals surface area contributed by atoms with Crippen LogP contribution in [0.15, 0.2) is 48.5 Å². The van der Waals surface area contributed by atoms with E-state index in [4.69, 9.17) is 9.47 Å². The quantitative estimate of drug-likeness (QED) is 0.771. The molecule has 0 N–H and O–H groups in total. The van der Waals surface area contributed by atoms with E-state index in [1.807, 2.05) is 38.1 Å². The summed E-state index contributed by atoms with van der Waals surface area (Å²) in [6.07, 6.45) is 0. The van der Waals surface area contributed by atoms with Gasteiger partial charge in [0.15, 0.2) is 6.61 Å². The largest absolute Gasteiger partial charge is 0.494 e. The predicted molar refractivity (Wildman–Crippen MR) is 107 cm³/mol. The lowest BCUT2D eigenvalue weighted by molar-refractivity contribution is -0.134. The molecule has 1 fully saturated rings. The summed E-state index contributed by atoms with van der Waals surface area (Å²) in [5.74, 6) is 1.35. The van der Waals surface area contributed by atoms with E-state index in [0.717, 1.165) is 11.3 Å². The Balaban J connectivity index is 1.47. The first-order chi connectivity index (χ1) is 13.6. The molecule has 0 aromatic heterocycles. The molecule has 0 aliphatic carbocycles. The van der Waals surface area contributed by atoms with Crippen LogP contribution in [0.25, 0.3) is 0 Å². The van der Waals surface area contributed by atoms with E-state index in [2.05, 4.69) is 0 Å². The summed E-state index contributed by atoms with van der Waals surface area (Å²) in [5, 5.41) is 0. The third kappa shape index (κ3) is 5.03. The van der Waals surface area contributed by atoms with E-state index in [9.17, 15) is 9.59 Å². The van der Waals surface area contributed by atoms with Gasteiger partial charge in [-0.25, -0.2) is 0 Å². The minimum atomic E-state index is -0.0614. The lowest BCUT2D eigenvalue weighted by atomic mass is 10.1. The van der Waals surface area contributed by atoms with Crippen molar-refractivity contribution >= 4 is 11.8 Å². The molecule has 28 heavy (non-hydrogen) atoms. The molecule has 0 saturated carbocycles. The van der Waals surface area contributed by atoms with Crippen LogP contribution in [-0.4, -0.2) is 61.0 Å². The second-order valence-electron chi connectivity index (χ2n) is 6.73. The zero-order chi connectivity index (χ0) is 19.9. The Kier molecular flexibility index (Phi) is 6.53. The lowest BCUT2D eigenvalue weighted by Crippen LogP contribution is -2.51. The number of carbonyl (C=O) groups is 2. The normalized spacial score (nSPS) is 13.9. The standard InChI is InChI=1S/C22H26N2O4/c1-3-27-19-10-6-18(7-11-19)22(26)24-14-12-23(13-15-24)21(25)16-28-20-8-4-17(2)5-9-20/h4-11H,3,12-16H2,1-2H3. The van der Waals surface area contributed by atoms with Gasteiger partial charge in [0.1, 0.15) is 11.5 Å². The summed E-state index contributed by atoms with van der Waals surface area (Å²) in [7, 11) is 0. The molecule has 1 heterocycles. The molecule has 0 atom stereocenters. The average Bonchev–Trinajstić information content (AvgIpc) is 2.73. The fourth-order valence-electron chi connectivity index (χ4n) is 3.07. The fraction of sp³-hybridized carbons (Fsp3) is 0.364. The van der Waals surface area contributed by atoms with Crippen LogP contribution in [0.5, 0.6) is 11.5 Å². The summed E-state index contributed by atoms with van der Waals surface area (Å²) in [4.78, 5) is 28.5. The third-order valence-electron chi connectivity index (χ3n) is 4.72.